The molecule has 0 saturated heterocycles. The van der Waals surface area contributed by atoms with E-state index < -0.39 is 0 Å². The summed E-state index contributed by atoms with van der Waals surface area (Å²) in [4.78, 5) is 20.7. The number of benzene rings is 1. The molecule has 1 amide bonds. The van der Waals surface area contributed by atoms with E-state index in [4.69, 9.17) is 4.74 Å². The number of rotatable bonds is 4. The van der Waals surface area contributed by atoms with Crippen molar-refractivity contribution < 1.29 is 9.53 Å². The zero-order valence-electron chi connectivity index (χ0n) is 11.8. The van der Waals surface area contributed by atoms with Crippen molar-refractivity contribution in [3.8, 4) is 17.0 Å². The van der Waals surface area contributed by atoms with E-state index in [1.165, 1.54) is 11.3 Å². The average Bonchev–Trinajstić information content (AvgIpc) is 3.04. The number of hydrogen-bond acceptors (Lipinski definition) is 5. The first-order chi connectivity index (χ1) is 10.8. The van der Waals surface area contributed by atoms with Gasteiger partial charge in [-0.3, -0.25) is 15.1 Å². The third-order valence-electron chi connectivity index (χ3n) is 3.01. The quantitative estimate of drug-likeness (QED) is 0.801. The van der Waals surface area contributed by atoms with Crippen LogP contribution in [0.3, 0.4) is 0 Å². The molecule has 3 rings (SSSR count). The number of ether oxygens (including phenoxy) is 1. The predicted octanol–water partition coefficient (Wildman–Crippen LogP) is 3.47. The molecule has 2 heterocycles. The molecule has 1 N–H and O–H groups in total. The van der Waals surface area contributed by atoms with Crippen LogP contribution in [-0.4, -0.2) is 23.0 Å². The van der Waals surface area contributed by atoms with Gasteiger partial charge in [-0.1, -0.05) is 6.07 Å². The normalized spacial score (nSPS) is 10.2. The third-order valence-corrected chi connectivity index (χ3v) is 3.77. The predicted molar refractivity (Wildman–Crippen MR) is 86.3 cm³/mol. The number of anilines is 1. The van der Waals surface area contributed by atoms with Crippen LogP contribution in [-0.2, 0) is 0 Å². The molecule has 1 aromatic carbocycles. The second-order valence-corrected chi connectivity index (χ2v) is 5.32. The fourth-order valence-electron chi connectivity index (χ4n) is 1.91. The Balaban J connectivity index is 1.76. The average molecular weight is 311 g/mol. The number of nitrogens with one attached hydrogen (secondary N) is 1. The lowest BCUT2D eigenvalue weighted by molar-refractivity contribution is 0.102. The van der Waals surface area contributed by atoms with Gasteiger partial charge >= 0.3 is 0 Å². The SMILES string of the molecule is COc1cccc(C(=O)Nc2nc(-c3cccnc3)cs2)c1. The summed E-state index contributed by atoms with van der Waals surface area (Å²) in [6.45, 7) is 0. The molecular weight excluding hydrogens is 298 g/mol. The zero-order chi connectivity index (χ0) is 15.4. The summed E-state index contributed by atoms with van der Waals surface area (Å²) >= 11 is 1.38. The fourth-order valence-corrected chi connectivity index (χ4v) is 2.63. The smallest absolute Gasteiger partial charge is 0.257 e. The summed E-state index contributed by atoms with van der Waals surface area (Å²) in [5.41, 5.74) is 2.23. The van der Waals surface area contributed by atoms with Crippen LogP contribution in [0.2, 0.25) is 0 Å². The first kappa shape index (κ1) is 14.2. The van der Waals surface area contributed by atoms with Crippen LogP contribution >= 0.6 is 11.3 Å². The second kappa shape index (κ2) is 6.36. The molecule has 0 radical (unpaired) electrons. The van der Waals surface area contributed by atoms with Crippen LogP contribution in [0.15, 0.2) is 54.2 Å². The molecule has 0 spiro atoms. The van der Waals surface area contributed by atoms with E-state index in [1.807, 2.05) is 17.5 Å². The molecule has 2 aromatic heterocycles. The van der Waals surface area contributed by atoms with Crippen LogP contribution in [0.4, 0.5) is 5.13 Å². The first-order valence-corrected chi connectivity index (χ1v) is 7.45. The molecule has 3 aromatic rings. The highest BCUT2D eigenvalue weighted by atomic mass is 32.1. The van der Waals surface area contributed by atoms with Gasteiger partial charge in [0.2, 0.25) is 0 Å². The zero-order valence-corrected chi connectivity index (χ0v) is 12.6. The molecule has 0 bridgehead atoms. The van der Waals surface area contributed by atoms with Crippen molar-refractivity contribution in [2.45, 2.75) is 0 Å². The van der Waals surface area contributed by atoms with E-state index >= 15 is 0 Å². The van der Waals surface area contributed by atoms with Crippen molar-refractivity contribution >= 4 is 22.4 Å². The van der Waals surface area contributed by atoms with Gasteiger partial charge in [0.1, 0.15) is 5.75 Å². The maximum atomic E-state index is 12.2. The minimum Gasteiger partial charge on any atom is -0.497 e. The van der Waals surface area contributed by atoms with Crippen LogP contribution in [0.25, 0.3) is 11.3 Å². The van der Waals surface area contributed by atoms with Gasteiger partial charge in [-0.2, -0.15) is 0 Å². The van der Waals surface area contributed by atoms with Gasteiger partial charge in [0.25, 0.3) is 5.91 Å². The van der Waals surface area contributed by atoms with E-state index in [1.54, 1.807) is 43.8 Å². The summed E-state index contributed by atoms with van der Waals surface area (Å²) in [5.74, 6) is 0.425. The van der Waals surface area contributed by atoms with Crippen LogP contribution in [0.1, 0.15) is 10.4 Å². The van der Waals surface area contributed by atoms with Gasteiger partial charge in [-0.05, 0) is 30.3 Å². The van der Waals surface area contributed by atoms with E-state index in [-0.39, 0.29) is 5.91 Å². The Hall–Kier alpha value is -2.73. The minimum atomic E-state index is -0.217. The van der Waals surface area contributed by atoms with Crippen molar-refractivity contribution in [1.82, 2.24) is 9.97 Å². The lowest BCUT2D eigenvalue weighted by Crippen LogP contribution is -2.11. The molecular formula is C16H13N3O2S. The lowest BCUT2D eigenvalue weighted by atomic mass is 10.2. The summed E-state index contributed by atoms with van der Waals surface area (Å²) in [7, 11) is 1.57. The number of nitrogens with zero attached hydrogens (tertiary/aromatic N) is 2. The highest BCUT2D eigenvalue weighted by molar-refractivity contribution is 7.14. The molecule has 5 nitrogen and oxygen atoms in total. The molecule has 0 fully saturated rings. The molecule has 0 aliphatic carbocycles. The Kier molecular flexibility index (Phi) is 4.11. The molecule has 0 atom stereocenters. The molecule has 0 unspecified atom stereocenters. The van der Waals surface area contributed by atoms with Gasteiger partial charge in [0.15, 0.2) is 5.13 Å². The van der Waals surface area contributed by atoms with Crippen molar-refractivity contribution in [3.63, 3.8) is 0 Å². The highest BCUT2D eigenvalue weighted by Gasteiger charge is 2.10. The monoisotopic (exact) mass is 311 g/mol. The van der Waals surface area contributed by atoms with Crippen molar-refractivity contribution in [3.05, 3.63) is 59.7 Å². The number of carbonyl (C=O) groups excluding carboxylic acids is 1. The number of thiazole rings is 1. The number of aromatic nitrogens is 2. The number of carbonyl (C=O) groups is 1. The van der Waals surface area contributed by atoms with E-state index in [0.29, 0.717) is 16.4 Å². The molecule has 22 heavy (non-hydrogen) atoms. The fraction of sp³-hybridized carbons (Fsp3) is 0.0625. The van der Waals surface area contributed by atoms with Crippen molar-refractivity contribution in [2.75, 3.05) is 12.4 Å². The Morgan fingerprint density at radius 1 is 1.27 bits per heavy atom. The summed E-state index contributed by atoms with van der Waals surface area (Å²) in [6.07, 6.45) is 3.45. The molecule has 0 aliphatic rings. The van der Waals surface area contributed by atoms with Crippen LogP contribution < -0.4 is 10.1 Å². The Morgan fingerprint density at radius 2 is 2.18 bits per heavy atom. The maximum absolute atomic E-state index is 12.2. The molecule has 110 valence electrons. The summed E-state index contributed by atoms with van der Waals surface area (Å²) in [5, 5.41) is 5.23. The van der Waals surface area contributed by atoms with Gasteiger partial charge in [0.05, 0.1) is 12.8 Å². The van der Waals surface area contributed by atoms with Crippen molar-refractivity contribution in [1.29, 1.82) is 0 Å². The lowest BCUT2D eigenvalue weighted by Gasteiger charge is -2.04. The van der Waals surface area contributed by atoms with Gasteiger partial charge in [-0.15, -0.1) is 11.3 Å². The number of pyridine rings is 1. The largest absolute Gasteiger partial charge is 0.497 e. The Morgan fingerprint density at radius 3 is 2.95 bits per heavy atom. The molecule has 0 saturated carbocycles. The molecule has 6 heteroatoms. The first-order valence-electron chi connectivity index (χ1n) is 6.57. The summed E-state index contributed by atoms with van der Waals surface area (Å²) < 4.78 is 5.12. The van der Waals surface area contributed by atoms with Gasteiger partial charge in [0, 0.05) is 28.9 Å². The second-order valence-electron chi connectivity index (χ2n) is 4.47. The maximum Gasteiger partial charge on any atom is 0.257 e. The van der Waals surface area contributed by atoms with E-state index in [9.17, 15) is 4.79 Å². The van der Waals surface area contributed by atoms with Gasteiger partial charge in [-0.25, -0.2) is 4.98 Å². The van der Waals surface area contributed by atoms with E-state index in [0.717, 1.165) is 11.3 Å². The topological polar surface area (TPSA) is 64.1 Å². The van der Waals surface area contributed by atoms with Gasteiger partial charge < -0.3 is 4.74 Å². The van der Waals surface area contributed by atoms with Crippen LogP contribution in [0, 0.1) is 0 Å². The minimum absolute atomic E-state index is 0.217. The van der Waals surface area contributed by atoms with Crippen molar-refractivity contribution in [2.24, 2.45) is 0 Å². The Bertz CT molecular complexity index is 787. The third kappa shape index (κ3) is 3.12. The summed E-state index contributed by atoms with van der Waals surface area (Å²) in [6, 6.07) is 10.8. The molecule has 0 aliphatic heterocycles. The number of methoxy groups -OCH3 is 1. The highest BCUT2D eigenvalue weighted by Crippen LogP contribution is 2.24. The van der Waals surface area contributed by atoms with E-state index in [2.05, 4.69) is 15.3 Å². The Labute approximate surface area is 131 Å². The standard InChI is InChI=1S/C16H13N3O2S/c1-21-13-6-2-4-11(8-13)15(20)19-16-18-14(10-22-16)12-5-3-7-17-9-12/h2-10H,1H3,(H,18,19,20). The van der Waals surface area contributed by atoms with Crippen LogP contribution in [0.5, 0.6) is 5.75 Å². The number of amides is 1. The number of hydrogen-bond donors (Lipinski definition) is 1.